The van der Waals surface area contributed by atoms with E-state index in [1.807, 2.05) is 0 Å². The van der Waals surface area contributed by atoms with E-state index >= 15 is 0 Å². The monoisotopic (exact) mass is 462 g/mol. The minimum absolute atomic E-state index is 0. The lowest BCUT2D eigenvalue weighted by molar-refractivity contribution is -0.119. The van der Waals surface area contributed by atoms with Crippen LogP contribution in [0.4, 0.5) is 20.3 Å². The summed E-state index contributed by atoms with van der Waals surface area (Å²) in [5, 5.41) is 0. The van der Waals surface area contributed by atoms with Crippen LogP contribution in [0.15, 0.2) is 24.4 Å². The van der Waals surface area contributed by atoms with Gasteiger partial charge in [0.2, 0.25) is 5.91 Å². The van der Waals surface area contributed by atoms with Crippen molar-refractivity contribution in [3.63, 3.8) is 0 Å². The molecule has 1 aromatic carbocycles. The number of hydrogen-bond acceptors (Lipinski definition) is 5. The van der Waals surface area contributed by atoms with Gasteiger partial charge in [0.05, 0.1) is 18.9 Å². The third kappa shape index (κ3) is 5.00. The maximum Gasteiger partial charge on any atom is 0.249 e. The van der Waals surface area contributed by atoms with Crippen molar-refractivity contribution in [2.24, 2.45) is 5.92 Å². The number of halogens is 2. The van der Waals surface area contributed by atoms with Gasteiger partial charge in [-0.25, -0.2) is 18.7 Å². The number of likely N-dealkylation sites (N-methyl/N-ethyl adjacent to an activating group) is 1. The Bertz CT molecular complexity index is 981. The third-order valence-electron chi connectivity index (χ3n) is 6.44. The van der Waals surface area contributed by atoms with Crippen molar-refractivity contribution in [1.82, 2.24) is 9.97 Å². The highest BCUT2D eigenvalue weighted by Crippen LogP contribution is 2.38. The number of aromatic nitrogens is 2. The first-order valence-corrected chi connectivity index (χ1v) is 10.4. The molecule has 3 aliphatic rings. The number of carbonyl (C=O) groups is 1. The van der Waals surface area contributed by atoms with Crippen LogP contribution in [-0.2, 0) is 22.6 Å². The van der Waals surface area contributed by atoms with Crippen LogP contribution in [0.2, 0.25) is 0 Å². The lowest BCUT2D eigenvalue weighted by Gasteiger charge is -2.37. The summed E-state index contributed by atoms with van der Waals surface area (Å²) in [7, 11) is 1.79. The Hall–Kier alpha value is -2.61. The summed E-state index contributed by atoms with van der Waals surface area (Å²) in [5.74, 6) is 0.538. The summed E-state index contributed by atoms with van der Waals surface area (Å²) in [6, 6.07) is 3.76. The highest BCUT2D eigenvalue weighted by atomic mass is 19.2. The van der Waals surface area contributed by atoms with E-state index in [-0.39, 0.29) is 46.9 Å². The number of fused-ring (bicyclic) bond motifs is 3. The zero-order chi connectivity index (χ0) is 20.8. The van der Waals surface area contributed by atoms with Crippen LogP contribution >= 0.6 is 0 Å². The van der Waals surface area contributed by atoms with Crippen LogP contribution < -0.4 is 9.80 Å². The molecule has 8 heteroatoms. The second-order valence-electron chi connectivity index (χ2n) is 8.47. The molecule has 1 aliphatic carbocycles. The highest BCUT2D eigenvalue weighted by Gasteiger charge is 2.41. The summed E-state index contributed by atoms with van der Waals surface area (Å²) in [4.78, 5) is 25.6. The van der Waals surface area contributed by atoms with Crippen LogP contribution in [0.5, 0.6) is 0 Å². The van der Waals surface area contributed by atoms with Crippen LogP contribution in [0, 0.1) is 17.6 Å². The van der Waals surface area contributed by atoms with Gasteiger partial charge in [-0.05, 0) is 49.3 Å². The first kappa shape index (κ1) is 26.6. The van der Waals surface area contributed by atoms with E-state index in [0.717, 1.165) is 62.0 Å². The molecule has 6 nitrogen and oxygen atoms in total. The molecule has 2 fully saturated rings. The maximum absolute atomic E-state index is 13.3. The van der Waals surface area contributed by atoms with Gasteiger partial charge in [-0.1, -0.05) is 28.3 Å². The molecule has 0 N–H and O–H groups in total. The minimum atomic E-state index is -0.847. The van der Waals surface area contributed by atoms with Gasteiger partial charge in [0.25, 0.3) is 0 Å². The lowest BCUT2D eigenvalue weighted by Crippen LogP contribution is -2.49. The Kier molecular flexibility index (Phi) is 8.52. The summed E-state index contributed by atoms with van der Waals surface area (Å²) in [5.41, 5.74) is 1.41. The van der Waals surface area contributed by atoms with Crippen molar-refractivity contribution in [3.8, 4) is 0 Å². The first-order valence-electron chi connectivity index (χ1n) is 10.4. The molecule has 182 valence electrons. The summed E-state index contributed by atoms with van der Waals surface area (Å²) in [6.45, 7) is 1.14. The number of rotatable bonds is 5. The van der Waals surface area contributed by atoms with Crippen molar-refractivity contribution in [2.75, 3.05) is 23.4 Å². The van der Waals surface area contributed by atoms with Crippen LogP contribution in [0.1, 0.15) is 59.4 Å². The van der Waals surface area contributed by atoms with E-state index in [2.05, 4.69) is 9.88 Å². The molecule has 1 saturated heterocycles. The average molecular weight is 463 g/mol. The molecule has 1 saturated carbocycles. The highest BCUT2D eigenvalue weighted by molar-refractivity contribution is 6.04. The summed E-state index contributed by atoms with van der Waals surface area (Å²) in [6.07, 6.45) is 6.33. The van der Waals surface area contributed by atoms with E-state index in [1.165, 1.54) is 6.07 Å². The molecule has 1 atom stereocenters. The fourth-order valence-electron chi connectivity index (χ4n) is 4.65. The minimum Gasteiger partial charge on any atom is -0.374 e. The number of nitrogens with zero attached hydrogens (tertiary/aromatic N) is 4. The maximum atomic E-state index is 13.3. The molecular formula is C25H36F2N4O2. The van der Waals surface area contributed by atoms with Crippen molar-refractivity contribution >= 4 is 17.4 Å². The quantitative estimate of drug-likeness (QED) is 0.615. The van der Waals surface area contributed by atoms with Gasteiger partial charge in [0.15, 0.2) is 17.5 Å². The van der Waals surface area contributed by atoms with E-state index in [9.17, 15) is 13.6 Å². The Morgan fingerprint density at radius 1 is 1.15 bits per heavy atom. The Morgan fingerprint density at radius 3 is 2.64 bits per heavy atom. The van der Waals surface area contributed by atoms with Gasteiger partial charge >= 0.3 is 0 Å². The Balaban J connectivity index is 0.00000128. The van der Waals surface area contributed by atoms with Crippen molar-refractivity contribution < 1.29 is 18.3 Å². The predicted octanol–water partition coefficient (Wildman–Crippen LogP) is 5.15. The smallest absolute Gasteiger partial charge is 0.249 e. The molecule has 5 rings (SSSR count). The number of carbonyl (C=O) groups excluding carboxylic acids is 1. The van der Waals surface area contributed by atoms with Crippen LogP contribution in [0.25, 0.3) is 0 Å². The lowest BCUT2D eigenvalue weighted by atomic mass is 9.80. The SMILES string of the molecule is C.C.C.CN1C(=O)C2CCCN2c2nc(CC3CC(OCc4ccc(F)c(F)c4)C3)ncc21. The van der Waals surface area contributed by atoms with Gasteiger partial charge in [-0.3, -0.25) is 4.79 Å². The second kappa shape index (κ2) is 10.5. The van der Waals surface area contributed by atoms with Crippen molar-refractivity contribution in [2.45, 2.75) is 73.1 Å². The zero-order valence-corrected chi connectivity index (χ0v) is 16.9. The van der Waals surface area contributed by atoms with E-state index in [4.69, 9.17) is 9.72 Å². The molecule has 1 unspecified atom stereocenters. The molecule has 0 bridgehead atoms. The van der Waals surface area contributed by atoms with Gasteiger partial charge in [0.1, 0.15) is 17.6 Å². The van der Waals surface area contributed by atoms with Crippen LogP contribution in [-0.4, -0.2) is 41.6 Å². The molecule has 33 heavy (non-hydrogen) atoms. The summed E-state index contributed by atoms with van der Waals surface area (Å²) < 4.78 is 32.1. The average Bonchev–Trinajstić information content (AvgIpc) is 3.20. The van der Waals surface area contributed by atoms with Gasteiger partial charge in [0, 0.05) is 20.0 Å². The van der Waals surface area contributed by atoms with Gasteiger partial charge in [-0.2, -0.15) is 0 Å². The molecule has 2 aliphatic heterocycles. The van der Waals surface area contributed by atoms with E-state index < -0.39 is 11.6 Å². The normalized spacial score (nSPS) is 22.9. The first-order chi connectivity index (χ1) is 14.5. The molecule has 3 heterocycles. The fraction of sp³-hybridized carbons (Fsp3) is 0.560. The zero-order valence-electron chi connectivity index (χ0n) is 16.9. The molecule has 1 amide bonds. The predicted molar refractivity (Wildman–Crippen MR) is 127 cm³/mol. The molecule has 1 aromatic heterocycles. The van der Waals surface area contributed by atoms with E-state index in [0.29, 0.717) is 11.5 Å². The second-order valence-corrected chi connectivity index (χ2v) is 8.47. The number of anilines is 2. The number of hydrogen-bond donors (Lipinski definition) is 0. The standard InChI is InChI=1S/C22H24F2N4O2.3CH4/c1-27-19-11-25-20(26-21(19)28-6-2-3-18(28)22(27)29)10-14-7-15(8-14)30-12-13-4-5-16(23)17(24)9-13;;;/h4-5,9,11,14-15,18H,2-3,6-8,10,12H2,1H3;3*1H4. The topological polar surface area (TPSA) is 58.6 Å². The van der Waals surface area contributed by atoms with E-state index in [1.54, 1.807) is 24.2 Å². The molecule has 0 radical (unpaired) electrons. The molecule has 2 aromatic rings. The van der Waals surface area contributed by atoms with Crippen LogP contribution in [0.3, 0.4) is 0 Å². The number of ether oxygens (including phenoxy) is 1. The number of amides is 1. The van der Waals surface area contributed by atoms with Gasteiger partial charge < -0.3 is 14.5 Å². The molecule has 0 spiro atoms. The number of benzene rings is 1. The Morgan fingerprint density at radius 2 is 1.91 bits per heavy atom. The Labute approximate surface area is 196 Å². The summed E-state index contributed by atoms with van der Waals surface area (Å²) >= 11 is 0. The van der Waals surface area contributed by atoms with Crippen molar-refractivity contribution in [3.05, 3.63) is 47.4 Å². The van der Waals surface area contributed by atoms with Gasteiger partial charge in [-0.15, -0.1) is 0 Å². The fourth-order valence-corrected chi connectivity index (χ4v) is 4.65. The van der Waals surface area contributed by atoms with Crippen molar-refractivity contribution in [1.29, 1.82) is 0 Å². The third-order valence-corrected chi connectivity index (χ3v) is 6.44. The largest absolute Gasteiger partial charge is 0.374 e. The molecular weight excluding hydrogens is 426 g/mol.